The molecule has 1 N–H and O–H groups in total. The third kappa shape index (κ3) is 9.65. The number of nitrogens with zero attached hydrogens (tertiary/aromatic N) is 2. The van der Waals surface area contributed by atoms with Crippen molar-refractivity contribution < 1.29 is 31.9 Å². The normalized spacial score (nSPS) is 11.9. The van der Waals surface area contributed by atoms with E-state index < -0.39 is 40.2 Å². The molecule has 1 atom stereocenters. The van der Waals surface area contributed by atoms with Gasteiger partial charge < -0.3 is 19.7 Å². The number of carbonyl (C=O) groups excluding carboxylic acids is 2. The highest BCUT2D eigenvalue weighted by Crippen LogP contribution is 2.33. The molecule has 0 bridgehead atoms. The first-order chi connectivity index (χ1) is 23.3. The van der Waals surface area contributed by atoms with Crippen LogP contribution in [0.4, 0.5) is 10.1 Å². The van der Waals surface area contributed by atoms with E-state index in [9.17, 15) is 22.4 Å². The van der Waals surface area contributed by atoms with Crippen LogP contribution in [0.15, 0.2) is 95.9 Å². The van der Waals surface area contributed by atoms with E-state index in [1.807, 2.05) is 44.2 Å². The lowest BCUT2D eigenvalue weighted by molar-refractivity contribution is -0.140. The molecule has 0 saturated heterocycles. The summed E-state index contributed by atoms with van der Waals surface area (Å²) in [7, 11) is -1.70. The minimum Gasteiger partial charge on any atom is -0.493 e. The second-order valence-electron chi connectivity index (χ2n) is 11.6. The van der Waals surface area contributed by atoms with Crippen LogP contribution in [0.25, 0.3) is 0 Å². The Kier molecular flexibility index (Phi) is 12.9. The minimum atomic E-state index is -4.48. The van der Waals surface area contributed by atoms with Gasteiger partial charge in [0.25, 0.3) is 10.0 Å². The SMILES string of the molecule is COc1ccc(S(=O)(=O)N(CC(=O)N(Cc2ccc(Cl)cc2Cl)[C@H](Cc2ccccc2)C(=O)NCC(C)C)c2ccc(F)cc2)cc1OC. The number of hydrogen-bond acceptors (Lipinski definition) is 6. The molecule has 2 amide bonds. The number of anilines is 1. The molecular weight excluding hydrogens is 692 g/mol. The summed E-state index contributed by atoms with van der Waals surface area (Å²) in [5, 5.41) is 3.58. The fourth-order valence-corrected chi connectivity index (χ4v) is 6.95. The van der Waals surface area contributed by atoms with Crippen molar-refractivity contribution in [1.29, 1.82) is 0 Å². The average molecular weight is 731 g/mol. The van der Waals surface area contributed by atoms with Crippen LogP contribution in [0.5, 0.6) is 11.5 Å². The number of halogens is 3. The summed E-state index contributed by atoms with van der Waals surface area (Å²) in [4.78, 5) is 29.6. The van der Waals surface area contributed by atoms with Gasteiger partial charge in [-0.15, -0.1) is 0 Å². The highest BCUT2D eigenvalue weighted by molar-refractivity contribution is 7.92. The summed E-state index contributed by atoms with van der Waals surface area (Å²) >= 11 is 12.7. The van der Waals surface area contributed by atoms with Crippen molar-refractivity contribution >= 4 is 50.7 Å². The standard InChI is InChI=1S/C36H38Cl2FN3O6S/c1-24(2)21-40-36(44)32(18-25-8-6-5-7-9-25)41(22-26-10-11-27(37)19-31(26)38)35(43)23-42(29-14-12-28(39)13-15-29)49(45,46)30-16-17-33(47-3)34(20-30)48-4/h5-17,19-20,24,32H,18,21-23H2,1-4H3,(H,40,44)/t32-/m1/s1. The van der Waals surface area contributed by atoms with E-state index in [0.717, 1.165) is 22.0 Å². The smallest absolute Gasteiger partial charge is 0.264 e. The van der Waals surface area contributed by atoms with E-state index in [4.69, 9.17) is 32.7 Å². The van der Waals surface area contributed by atoms with Crippen LogP contribution in [0.1, 0.15) is 25.0 Å². The Morgan fingerprint density at radius 1 is 0.878 bits per heavy atom. The zero-order valence-electron chi connectivity index (χ0n) is 27.5. The minimum absolute atomic E-state index is 0.0258. The maximum absolute atomic E-state index is 14.6. The molecule has 0 aliphatic heterocycles. The van der Waals surface area contributed by atoms with E-state index in [0.29, 0.717) is 22.9 Å². The predicted octanol–water partition coefficient (Wildman–Crippen LogP) is 6.76. The van der Waals surface area contributed by atoms with Crippen molar-refractivity contribution in [3.63, 3.8) is 0 Å². The molecule has 0 saturated carbocycles. The molecule has 4 aromatic carbocycles. The molecule has 0 aliphatic carbocycles. The molecule has 0 fully saturated rings. The molecule has 0 aromatic heterocycles. The van der Waals surface area contributed by atoms with Crippen LogP contribution >= 0.6 is 23.2 Å². The van der Waals surface area contributed by atoms with Gasteiger partial charge in [-0.1, -0.05) is 73.4 Å². The first-order valence-corrected chi connectivity index (χ1v) is 17.6. The lowest BCUT2D eigenvalue weighted by atomic mass is 10.0. The fourth-order valence-electron chi connectivity index (χ4n) is 5.05. The number of sulfonamides is 1. The predicted molar refractivity (Wildman–Crippen MR) is 189 cm³/mol. The Bertz CT molecular complexity index is 1860. The number of benzene rings is 4. The van der Waals surface area contributed by atoms with Gasteiger partial charge in [-0.05, 0) is 65.6 Å². The largest absolute Gasteiger partial charge is 0.493 e. The maximum Gasteiger partial charge on any atom is 0.264 e. The maximum atomic E-state index is 14.6. The first-order valence-electron chi connectivity index (χ1n) is 15.4. The van der Waals surface area contributed by atoms with Crippen molar-refractivity contribution in [1.82, 2.24) is 10.2 Å². The van der Waals surface area contributed by atoms with Crippen LogP contribution < -0.4 is 19.1 Å². The van der Waals surface area contributed by atoms with Crippen molar-refractivity contribution in [2.75, 3.05) is 31.6 Å². The monoisotopic (exact) mass is 729 g/mol. The van der Waals surface area contributed by atoms with Gasteiger partial charge >= 0.3 is 0 Å². The number of carbonyl (C=O) groups is 2. The number of hydrogen-bond donors (Lipinski definition) is 1. The molecule has 4 rings (SSSR count). The number of methoxy groups -OCH3 is 2. The third-order valence-electron chi connectivity index (χ3n) is 7.65. The molecule has 13 heteroatoms. The van der Waals surface area contributed by atoms with Crippen molar-refractivity contribution in [3.05, 3.63) is 118 Å². The molecule has 0 aliphatic rings. The number of amides is 2. The lowest BCUT2D eigenvalue weighted by Crippen LogP contribution is -2.53. The highest BCUT2D eigenvalue weighted by atomic mass is 35.5. The molecule has 0 radical (unpaired) electrons. The molecule has 0 spiro atoms. The van der Waals surface area contributed by atoms with Crippen LogP contribution in [-0.2, 0) is 32.6 Å². The Labute approximate surface area is 296 Å². The second kappa shape index (κ2) is 16.9. The van der Waals surface area contributed by atoms with Crippen LogP contribution in [0.3, 0.4) is 0 Å². The zero-order chi connectivity index (χ0) is 35.7. The van der Waals surface area contributed by atoms with E-state index in [-0.39, 0.29) is 40.2 Å². The topological polar surface area (TPSA) is 105 Å². The van der Waals surface area contributed by atoms with E-state index in [2.05, 4.69) is 5.32 Å². The summed E-state index contributed by atoms with van der Waals surface area (Å²) in [6.45, 7) is 3.36. The molecular formula is C36H38Cl2FN3O6S. The Morgan fingerprint density at radius 2 is 1.55 bits per heavy atom. The summed E-state index contributed by atoms with van der Waals surface area (Å²) in [6, 6.07) is 21.6. The molecule has 0 heterocycles. The molecule has 9 nitrogen and oxygen atoms in total. The summed E-state index contributed by atoms with van der Waals surface area (Å²) in [5.41, 5.74) is 1.30. The van der Waals surface area contributed by atoms with Crippen molar-refractivity contribution in [2.45, 2.75) is 37.8 Å². The van der Waals surface area contributed by atoms with Crippen LogP contribution in [0, 0.1) is 11.7 Å². The van der Waals surface area contributed by atoms with Crippen LogP contribution in [-0.4, -0.2) is 58.5 Å². The average Bonchev–Trinajstić information content (AvgIpc) is 3.08. The Morgan fingerprint density at radius 3 is 2.16 bits per heavy atom. The van der Waals surface area contributed by atoms with Crippen molar-refractivity contribution in [3.8, 4) is 11.5 Å². The molecule has 49 heavy (non-hydrogen) atoms. The van der Waals surface area contributed by atoms with E-state index >= 15 is 0 Å². The molecule has 260 valence electrons. The fraction of sp³-hybridized carbons (Fsp3) is 0.278. The molecule has 4 aromatic rings. The number of rotatable bonds is 15. The van der Waals surface area contributed by atoms with Gasteiger partial charge in [0.15, 0.2) is 11.5 Å². The molecule has 0 unspecified atom stereocenters. The summed E-state index contributed by atoms with van der Waals surface area (Å²) < 4.78 is 54.2. The third-order valence-corrected chi connectivity index (χ3v) is 10.0. The number of ether oxygens (including phenoxy) is 2. The van der Waals surface area contributed by atoms with E-state index in [1.165, 1.54) is 55.5 Å². The van der Waals surface area contributed by atoms with Gasteiger partial charge in [0, 0.05) is 35.6 Å². The van der Waals surface area contributed by atoms with Gasteiger partial charge in [-0.3, -0.25) is 13.9 Å². The zero-order valence-corrected chi connectivity index (χ0v) is 29.9. The van der Waals surface area contributed by atoms with Gasteiger partial charge in [-0.25, -0.2) is 12.8 Å². The van der Waals surface area contributed by atoms with Crippen molar-refractivity contribution in [2.24, 2.45) is 5.92 Å². The summed E-state index contributed by atoms with van der Waals surface area (Å²) in [6.07, 6.45) is 0.126. The first kappa shape index (κ1) is 37.5. The second-order valence-corrected chi connectivity index (χ2v) is 14.3. The summed E-state index contributed by atoms with van der Waals surface area (Å²) in [5.74, 6) is -1.16. The van der Waals surface area contributed by atoms with Gasteiger partial charge in [0.2, 0.25) is 11.8 Å². The van der Waals surface area contributed by atoms with Gasteiger partial charge in [-0.2, -0.15) is 0 Å². The Balaban J connectivity index is 1.84. The lowest BCUT2D eigenvalue weighted by Gasteiger charge is -2.34. The van der Waals surface area contributed by atoms with E-state index in [1.54, 1.807) is 12.1 Å². The van der Waals surface area contributed by atoms with Gasteiger partial charge in [0.1, 0.15) is 18.4 Å². The Hall–Kier alpha value is -4.32. The van der Waals surface area contributed by atoms with Gasteiger partial charge in [0.05, 0.1) is 24.8 Å². The van der Waals surface area contributed by atoms with Crippen LogP contribution in [0.2, 0.25) is 10.0 Å². The highest BCUT2D eigenvalue weighted by Gasteiger charge is 2.35. The quantitative estimate of drug-likeness (QED) is 0.145. The number of nitrogens with one attached hydrogen (secondary N) is 1.